The number of aryl methyl sites for hydroxylation is 1. The second kappa shape index (κ2) is 10.2. The predicted molar refractivity (Wildman–Crippen MR) is 103 cm³/mol. The smallest absolute Gasteiger partial charge is 0.101 e. The molecule has 0 fully saturated rings. The van der Waals surface area contributed by atoms with Gasteiger partial charge in [-0.2, -0.15) is 0 Å². The van der Waals surface area contributed by atoms with Gasteiger partial charge in [-0.15, -0.1) is 0 Å². The number of nitrogens with zero attached hydrogens (tertiary/aromatic N) is 1. The van der Waals surface area contributed by atoms with Crippen LogP contribution in [0.15, 0.2) is 48.0 Å². The molecule has 1 heterocycles. The highest BCUT2D eigenvalue weighted by molar-refractivity contribution is 5.73. The van der Waals surface area contributed by atoms with Gasteiger partial charge in [-0.1, -0.05) is 51.8 Å². The molecule has 1 aromatic rings. The van der Waals surface area contributed by atoms with Crippen LogP contribution in [-0.2, 0) is 0 Å². The molecule has 0 spiro atoms. The molecule has 132 valence electrons. The SMILES string of the molecule is CC=CC(C)C1CC(F)=CC(C)=C1c1ncccc1C.CCCC. The Hall–Kier alpha value is -1.70. The fourth-order valence-corrected chi connectivity index (χ4v) is 2.99. The summed E-state index contributed by atoms with van der Waals surface area (Å²) in [6.07, 6.45) is 10.8. The molecule has 0 amide bonds. The lowest BCUT2D eigenvalue weighted by Crippen LogP contribution is -2.17. The quantitative estimate of drug-likeness (QED) is 0.539. The van der Waals surface area contributed by atoms with E-state index in [0.717, 1.165) is 16.8 Å². The van der Waals surface area contributed by atoms with Crippen LogP contribution in [0.5, 0.6) is 0 Å². The molecule has 0 saturated heterocycles. The van der Waals surface area contributed by atoms with E-state index in [1.165, 1.54) is 18.4 Å². The van der Waals surface area contributed by atoms with Gasteiger partial charge in [0.1, 0.15) is 5.83 Å². The molecule has 1 aromatic heterocycles. The van der Waals surface area contributed by atoms with Crippen molar-refractivity contribution >= 4 is 5.57 Å². The van der Waals surface area contributed by atoms with Gasteiger partial charge in [-0.25, -0.2) is 4.39 Å². The standard InChI is InChI=1S/C18H22FN.C4H10/c1-5-7-12(2)16-11-15(19)10-14(4)17(16)18-13(3)8-6-9-20-18;1-3-4-2/h5-10,12,16H,11H2,1-4H3;3-4H2,1-2H3. The average Bonchev–Trinajstić information content (AvgIpc) is 2.56. The maximum atomic E-state index is 13.9. The fourth-order valence-electron chi connectivity index (χ4n) is 2.99. The highest BCUT2D eigenvalue weighted by Gasteiger charge is 2.28. The molecule has 1 aliphatic rings. The number of hydrogen-bond donors (Lipinski definition) is 0. The van der Waals surface area contributed by atoms with Crippen LogP contribution in [0.1, 0.15) is 65.1 Å². The van der Waals surface area contributed by atoms with Gasteiger partial charge in [0, 0.05) is 12.6 Å². The second-order valence-electron chi connectivity index (χ2n) is 6.55. The number of rotatable bonds is 4. The average molecular weight is 330 g/mol. The van der Waals surface area contributed by atoms with Crippen molar-refractivity contribution in [2.75, 3.05) is 0 Å². The fraction of sp³-hybridized carbons (Fsp3) is 0.500. The number of aromatic nitrogens is 1. The summed E-state index contributed by atoms with van der Waals surface area (Å²) in [7, 11) is 0. The van der Waals surface area contributed by atoms with E-state index in [1.807, 2.05) is 32.2 Å². The first-order valence-corrected chi connectivity index (χ1v) is 9.07. The summed E-state index contributed by atoms with van der Waals surface area (Å²) in [6.45, 7) is 12.6. The van der Waals surface area contributed by atoms with Gasteiger partial charge in [0.2, 0.25) is 0 Å². The monoisotopic (exact) mass is 329 g/mol. The molecule has 0 saturated carbocycles. The van der Waals surface area contributed by atoms with E-state index < -0.39 is 0 Å². The van der Waals surface area contributed by atoms with Crippen LogP contribution in [0, 0.1) is 18.8 Å². The molecule has 24 heavy (non-hydrogen) atoms. The van der Waals surface area contributed by atoms with Crippen LogP contribution in [0.4, 0.5) is 4.39 Å². The minimum atomic E-state index is -0.0267. The lowest BCUT2D eigenvalue weighted by atomic mass is 9.76. The summed E-state index contributed by atoms with van der Waals surface area (Å²) in [4.78, 5) is 4.54. The van der Waals surface area contributed by atoms with Gasteiger partial charge < -0.3 is 0 Å². The summed E-state index contributed by atoms with van der Waals surface area (Å²) in [5.74, 6) is 0.428. The van der Waals surface area contributed by atoms with Gasteiger partial charge in [0.05, 0.1) is 5.69 Å². The highest BCUT2D eigenvalue weighted by atomic mass is 19.1. The van der Waals surface area contributed by atoms with Crippen LogP contribution < -0.4 is 0 Å². The summed E-state index contributed by atoms with van der Waals surface area (Å²) in [5.41, 5.74) is 4.34. The molecule has 0 aromatic carbocycles. The van der Waals surface area contributed by atoms with E-state index in [0.29, 0.717) is 12.3 Å². The molecule has 2 atom stereocenters. The topological polar surface area (TPSA) is 12.9 Å². The first-order chi connectivity index (χ1) is 11.5. The Morgan fingerprint density at radius 2 is 1.96 bits per heavy atom. The van der Waals surface area contributed by atoms with E-state index in [2.05, 4.69) is 44.8 Å². The van der Waals surface area contributed by atoms with Crippen LogP contribution in [0.25, 0.3) is 5.57 Å². The maximum absolute atomic E-state index is 13.9. The van der Waals surface area contributed by atoms with E-state index in [9.17, 15) is 4.39 Å². The molecule has 1 aliphatic carbocycles. The number of unbranched alkanes of at least 4 members (excludes halogenated alkanes) is 1. The third-order valence-corrected chi connectivity index (χ3v) is 4.48. The summed E-state index contributed by atoms with van der Waals surface area (Å²) >= 11 is 0. The molecule has 1 nitrogen and oxygen atoms in total. The van der Waals surface area contributed by atoms with Gasteiger partial charge in [0.15, 0.2) is 0 Å². The molecule has 2 heteroatoms. The Kier molecular flexibility index (Phi) is 8.67. The molecular weight excluding hydrogens is 297 g/mol. The molecular formula is C22H32FN. The molecule has 0 radical (unpaired) electrons. The van der Waals surface area contributed by atoms with Crippen LogP contribution in [0.2, 0.25) is 0 Å². The van der Waals surface area contributed by atoms with Crippen molar-refractivity contribution in [2.24, 2.45) is 11.8 Å². The van der Waals surface area contributed by atoms with E-state index in [1.54, 1.807) is 6.08 Å². The van der Waals surface area contributed by atoms with Crippen LogP contribution >= 0.6 is 0 Å². The minimum absolute atomic E-state index is 0.0267. The molecule has 2 unspecified atom stereocenters. The third kappa shape index (κ3) is 5.43. The summed E-state index contributed by atoms with van der Waals surface area (Å²) < 4.78 is 13.9. The van der Waals surface area contributed by atoms with E-state index in [4.69, 9.17) is 0 Å². The molecule has 0 bridgehead atoms. The second-order valence-corrected chi connectivity index (χ2v) is 6.55. The minimum Gasteiger partial charge on any atom is -0.256 e. The molecule has 2 rings (SSSR count). The van der Waals surface area contributed by atoms with Crippen LogP contribution in [-0.4, -0.2) is 4.98 Å². The zero-order valence-electron chi connectivity index (χ0n) is 16.1. The van der Waals surface area contributed by atoms with Crippen molar-refractivity contribution in [2.45, 2.75) is 60.8 Å². The van der Waals surface area contributed by atoms with Crippen molar-refractivity contribution in [3.8, 4) is 0 Å². The largest absolute Gasteiger partial charge is 0.256 e. The predicted octanol–water partition coefficient (Wildman–Crippen LogP) is 7.06. The summed E-state index contributed by atoms with van der Waals surface area (Å²) in [5, 5.41) is 0. The Balaban J connectivity index is 0.000000648. The number of pyridine rings is 1. The third-order valence-electron chi connectivity index (χ3n) is 4.48. The van der Waals surface area contributed by atoms with Gasteiger partial charge in [0.25, 0.3) is 0 Å². The van der Waals surface area contributed by atoms with Gasteiger partial charge in [-0.05, 0) is 61.5 Å². The normalized spacial score (nSPS) is 19.0. The first kappa shape index (κ1) is 20.3. The summed E-state index contributed by atoms with van der Waals surface area (Å²) in [6, 6.07) is 4.01. The van der Waals surface area contributed by atoms with Crippen molar-refractivity contribution in [3.63, 3.8) is 0 Å². The Labute approximate surface area is 147 Å². The van der Waals surface area contributed by atoms with Gasteiger partial charge in [-0.3, -0.25) is 4.98 Å². The number of halogens is 1. The van der Waals surface area contributed by atoms with Crippen molar-refractivity contribution in [3.05, 3.63) is 59.2 Å². The number of allylic oxidation sites excluding steroid dienone is 6. The van der Waals surface area contributed by atoms with Crippen molar-refractivity contribution < 1.29 is 4.39 Å². The van der Waals surface area contributed by atoms with Gasteiger partial charge >= 0.3 is 0 Å². The maximum Gasteiger partial charge on any atom is 0.101 e. The van der Waals surface area contributed by atoms with Crippen LogP contribution in [0.3, 0.4) is 0 Å². The Morgan fingerprint density at radius 1 is 1.29 bits per heavy atom. The lowest BCUT2D eigenvalue weighted by Gasteiger charge is -2.29. The number of hydrogen-bond acceptors (Lipinski definition) is 1. The zero-order chi connectivity index (χ0) is 18.1. The van der Waals surface area contributed by atoms with E-state index >= 15 is 0 Å². The van der Waals surface area contributed by atoms with Crippen molar-refractivity contribution in [1.29, 1.82) is 0 Å². The Bertz CT molecular complexity index is 608. The van der Waals surface area contributed by atoms with E-state index in [-0.39, 0.29) is 11.7 Å². The molecule has 0 aliphatic heterocycles. The van der Waals surface area contributed by atoms with Crippen molar-refractivity contribution in [1.82, 2.24) is 4.98 Å². The molecule has 0 N–H and O–H groups in total. The lowest BCUT2D eigenvalue weighted by molar-refractivity contribution is 0.454. The zero-order valence-corrected chi connectivity index (χ0v) is 16.1. The highest BCUT2D eigenvalue weighted by Crippen LogP contribution is 2.41. The Morgan fingerprint density at radius 3 is 2.50 bits per heavy atom. The first-order valence-electron chi connectivity index (χ1n) is 9.07.